The Morgan fingerprint density at radius 1 is 0.872 bits per heavy atom. The SMILES string of the molecule is O=C(CN(c1ccc([N+](=O)[O-])cc1)S(=O)(=O)c1ccccc1)NCc1ccc(OCc2ccc(F)cc2)cc1. The molecule has 0 heterocycles. The number of hydrogen-bond acceptors (Lipinski definition) is 6. The highest BCUT2D eigenvalue weighted by atomic mass is 32.2. The van der Waals surface area contributed by atoms with Crippen molar-refractivity contribution in [2.24, 2.45) is 0 Å². The molecule has 4 rings (SSSR count). The molecule has 0 saturated carbocycles. The summed E-state index contributed by atoms with van der Waals surface area (Å²) in [4.78, 5) is 23.2. The second-order valence-electron chi connectivity index (χ2n) is 8.43. The van der Waals surface area contributed by atoms with Gasteiger partial charge in [-0.25, -0.2) is 12.8 Å². The molecule has 9 nitrogen and oxygen atoms in total. The van der Waals surface area contributed by atoms with Crippen molar-refractivity contribution in [3.05, 3.63) is 130 Å². The Morgan fingerprint density at radius 2 is 1.49 bits per heavy atom. The number of sulfonamides is 1. The molecule has 0 aliphatic carbocycles. The van der Waals surface area contributed by atoms with Crippen LogP contribution >= 0.6 is 0 Å². The minimum atomic E-state index is -4.14. The highest BCUT2D eigenvalue weighted by Crippen LogP contribution is 2.25. The molecule has 0 aliphatic heterocycles. The van der Waals surface area contributed by atoms with Gasteiger partial charge in [-0.2, -0.15) is 0 Å². The molecular formula is C28H24FN3O6S. The van der Waals surface area contributed by atoms with Crippen LogP contribution in [0.25, 0.3) is 0 Å². The number of carbonyl (C=O) groups excluding carboxylic acids is 1. The minimum Gasteiger partial charge on any atom is -0.489 e. The molecule has 4 aromatic rings. The first kappa shape index (κ1) is 27.3. The van der Waals surface area contributed by atoms with Crippen molar-refractivity contribution in [2.75, 3.05) is 10.8 Å². The number of nitro groups is 1. The van der Waals surface area contributed by atoms with Crippen LogP contribution in [0.15, 0.2) is 108 Å². The number of nitrogens with zero attached hydrogens (tertiary/aromatic N) is 2. The van der Waals surface area contributed by atoms with Crippen molar-refractivity contribution in [3.8, 4) is 5.75 Å². The van der Waals surface area contributed by atoms with Crippen LogP contribution in [-0.4, -0.2) is 25.8 Å². The highest BCUT2D eigenvalue weighted by Gasteiger charge is 2.27. The van der Waals surface area contributed by atoms with Crippen molar-refractivity contribution in [1.82, 2.24) is 5.32 Å². The third-order valence-corrected chi connectivity index (χ3v) is 7.49. The molecule has 11 heteroatoms. The zero-order valence-electron chi connectivity index (χ0n) is 20.6. The molecule has 1 N–H and O–H groups in total. The van der Waals surface area contributed by atoms with Gasteiger partial charge < -0.3 is 10.1 Å². The predicted molar refractivity (Wildman–Crippen MR) is 143 cm³/mol. The van der Waals surface area contributed by atoms with E-state index in [0.29, 0.717) is 5.75 Å². The van der Waals surface area contributed by atoms with Gasteiger partial charge in [0.05, 0.1) is 15.5 Å². The maximum atomic E-state index is 13.4. The van der Waals surface area contributed by atoms with E-state index in [1.807, 2.05) is 0 Å². The van der Waals surface area contributed by atoms with Crippen LogP contribution in [0.3, 0.4) is 0 Å². The molecule has 0 aliphatic rings. The van der Waals surface area contributed by atoms with Crippen LogP contribution in [0.4, 0.5) is 15.8 Å². The van der Waals surface area contributed by atoms with Crippen LogP contribution in [0.1, 0.15) is 11.1 Å². The molecular weight excluding hydrogens is 525 g/mol. The lowest BCUT2D eigenvalue weighted by atomic mass is 10.2. The fourth-order valence-corrected chi connectivity index (χ4v) is 5.06. The summed E-state index contributed by atoms with van der Waals surface area (Å²) in [6.07, 6.45) is 0. The number of carbonyl (C=O) groups is 1. The number of rotatable bonds is 11. The fraction of sp³-hybridized carbons (Fsp3) is 0.107. The van der Waals surface area contributed by atoms with Crippen LogP contribution in [0.5, 0.6) is 5.75 Å². The summed E-state index contributed by atoms with van der Waals surface area (Å²) >= 11 is 0. The third-order valence-electron chi connectivity index (χ3n) is 5.70. The molecule has 0 spiro atoms. The smallest absolute Gasteiger partial charge is 0.269 e. The van der Waals surface area contributed by atoms with E-state index < -0.39 is 27.4 Å². The number of anilines is 1. The normalized spacial score (nSPS) is 11.0. The van der Waals surface area contributed by atoms with E-state index in [2.05, 4.69) is 5.32 Å². The summed E-state index contributed by atoms with van der Waals surface area (Å²) < 4.78 is 46.4. The number of amides is 1. The lowest BCUT2D eigenvalue weighted by Gasteiger charge is -2.24. The number of halogens is 1. The first-order valence-corrected chi connectivity index (χ1v) is 13.2. The average molecular weight is 550 g/mol. The first-order valence-electron chi connectivity index (χ1n) is 11.8. The van der Waals surface area contributed by atoms with E-state index in [1.54, 1.807) is 54.6 Å². The Hall–Kier alpha value is -4.77. The van der Waals surface area contributed by atoms with Gasteiger partial charge >= 0.3 is 0 Å². The third kappa shape index (κ3) is 7.17. The Morgan fingerprint density at radius 3 is 2.10 bits per heavy atom. The fourth-order valence-electron chi connectivity index (χ4n) is 3.61. The summed E-state index contributed by atoms with van der Waals surface area (Å²) in [5, 5.41) is 13.7. The molecule has 0 saturated heterocycles. The quantitative estimate of drug-likeness (QED) is 0.212. The second kappa shape index (κ2) is 12.2. The molecule has 0 atom stereocenters. The Bertz CT molecular complexity index is 1530. The van der Waals surface area contributed by atoms with Gasteiger partial charge in [0, 0.05) is 18.7 Å². The number of hydrogen-bond donors (Lipinski definition) is 1. The number of benzene rings is 4. The average Bonchev–Trinajstić information content (AvgIpc) is 2.95. The van der Waals surface area contributed by atoms with Gasteiger partial charge in [-0.1, -0.05) is 42.5 Å². The van der Waals surface area contributed by atoms with E-state index in [9.17, 15) is 27.7 Å². The second-order valence-corrected chi connectivity index (χ2v) is 10.3. The lowest BCUT2D eigenvalue weighted by molar-refractivity contribution is -0.384. The zero-order valence-corrected chi connectivity index (χ0v) is 21.4. The van der Waals surface area contributed by atoms with Gasteiger partial charge in [-0.15, -0.1) is 0 Å². The molecule has 39 heavy (non-hydrogen) atoms. The maximum Gasteiger partial charge on any atom is 0.269 e. The van der Waals surface area contributed by atoms with E-state index in [0.717, 1.165) is 15.4 Å². The Kier molecular flexibility index (Phi) is 8.52. The van der Waals surface area contributed by atoms with E-state index >= 15 is 0 Å². The van der Waals surface area contributed by atoms with Crippen molar-refractivity contribution in [1.29, 1.82) is 0 Å². The van der Waals surface area contributed by atoms with Crippen LogP contribution in [0, 0.1) is 15.9 Å². The van der Waals surface area contributed by atoms with Crippen molar-refractivity contribution >= 4 is 27.3 Å². The standard InChI is InChI=1S/C28H24FN3O6S/c29-23-10-6-22(7-11-23)20-38-26-16-8-21(9-17-26)18-30-28(33)19-31(24-12-14-25(15-13-24)32(34)35)39(36,37)27-4-2-1-3-5-27/h1-17H,18-20H2,(H,30,33). The molecule has 200 valence electrons. The monoisotopic (exact) mass is 549 g/mol. The zero-order chi connectivity index (χ0) is 27.8. The molecule has 0 aromatic heterocycles. The number of nitro benzene ring substituents is 1. The van der Waals surface area contributed by atoms with Gasteiger partial charge in [-0.3, -0.25) is 19.2 Å². The predicted octanol–water partition coefficient (Wildman–Crippen LogP) is 4.82. The Labute approximate surface area is 224 Å². The van der Waals surface area contributed by atoms with Gasteiger partial charge in [0.1, 0.15) is 24.7 Å². The van der Waals surface area contributed by atoms with Gasteiger partial charge in [0.15, 0.2) is 0 Å². The van der Waals surface area contributed by atoms with Crippen molar-refractivity contribution < 1.29 is 27.3 Å². The van der Waals surface area contributed by atoms with Crippen molar-refractivity contribution in [2.45, 2.75) is 18.0 Å². The van der Waals surface area contributed by atoms with E-state index in [-0.39, 0.29) is 35.2 Å². The largest absolute Gasteiger partial charge is 0.489 e. The molecule has 1 amide bonds. The molecule has 0 bridgehead atoms. The Balaban J connectivity index is 1.41. The number of ether oxygens (including phenoxy) is 1. The van der Waals surface area contributed by atoms with Crippen LogP contribution < -0.4 is 14.4 Å². The topological polar surface area (TPSA) is 119 Å². The van der Waals surface area contributed by atoms with Crippen LogP contribution in [-0.2, 0) is 28.0 Å². The molecule has 0 radical (unpaired) electrons. The summed E-state index contributed by atoms with van der Waals surface area (Å²) in [7, 11) is -4.14. The molecule has 0 unspecified atom stereocenters. The first-order chi connectivity index (χ1) is 18.7. The minimum absolute atomic E-state index is 0.0209. The lowest BCUT2D eigenvalue weighted by Crippen LogP contribution is -2.40. The summed E-state index contributed by atoms with van der Waals surface area (Å²) in [5.74, 6) is -0.295. The van der Waals surface area contributed by atoms with E-state index in [1.165, 1.54) is 48.5 Å². The van der Waals surface area contributed by atoms with E-state index in [4.69, 9.17) is 4.74 Å². The summed E-state index contributed by atoms with van der Waals surface area (Å²) in [6.45, 7) is -0.130. The summed E-state index contributed by atoms with van der Waals surface area (Å²) in [5.41, 5.74) is 1.48. The number of nitrogens with one attached hydrogen (secondary N) is 1. The molecule has 4 aromatic carbocycles. The maximum absolute atomic E-state index is 13.4. The van der Waals surface area contributed by atoms with Gasteiger partial charge in [-0.05, 0) is 59.7 Å². The summed E-state index contributed by atoms with van der Waals surface area (Å²) in [6, 6.07) is 25.5. The highest BCUT2D eigenvalue weighted by molar-refractivity contribution is 7.92. The number of non-ortho nitro benzene ring substituents is 1. The van der Waals surface area contributed by atoms with Crippen molar-refractivity contribution in [3.63, 3.8) is 0 Å². The molecule has 0 fully saturated rings. The van der Waals surface area contributed by atoms with Crippen LogP contribution in [0.2, 0.25) is 0 Å². The van der Waals surface area contributed by atoms with Gasteiger partial charge in [0.25, 0.3) is 15.7 Å². The van der Waals surface area contributed by atoms with Gasteiger partial charge in [0.2, 0.25) is 5.91 Å².